The van der Waals surface area contributed by atoms with Crippen LogP contribution in [-0.2, 0) is 0 Å². The van der Waals surface area contributed by atoms with E-state index in [1.807, 2.05) is 32.0 Å². The molecule has 2 rings (SSSR count). The molecule has 0 aliphatic carbocycles. The topological polar surface area (TPSA) is 61.5 Å². The molecule has 0 unspecified atom stereocenters. The van der Waals surface area contributed by atoms with E-state index in [0.29, 0.717) is 0 Å². The van der Waals surface area contributed by atoms with E-state index in [4.69, 9.17) is 9.47 Å². The highest BCUT2D eigenvalue weighted by Crippen LogP contribution is 2.22. The van der Waals surface area contributed by atoms with E-state index in [-0.39, 0.29) is 0 Å². The molecule has 6 heteroatoms. The predicted molar refractivity (Wildman–Crippen MR) is 72.0 cm³/mol. The van der Waals surface area contributed by atoms with Crippen LogP contribution in [0.2, 0.25) is 0 Å². The molecule has 2 aromatic rings. The maximum Gasteiger partial charge on any atom is 0.151 e. The number of rotatable bonds is 4. The summed E-state index contributed by atoms with van der Waals surface area (Å²) in [6.45, 7) is 3.69. The van der Waals surface area contributed by atoms with Crippen LogP contribution in [-0.4, -0.2) is 35.3 Å². The first-order valence-corrected chi connectivity index (χ1v) is 5.80. The number of benzene rings is 1. The van der Waals surface area contributed by atoms with E-state index in [1.165, 1.54) is 0 Å². The normalized spacial score (nSPS) is 10.9. The first-order valence-electron chi connectivity index (χ1n) is 5.80. The Hall–Kier alpha value is -2.37. The summed E-state index contributed by atoms with van der Waals surface area (Å²) in [5.74, 6) is 2.94. The minimum Gasteiger partial charge on any atom is -0.497 e. The molecule has 0 saturated carbocycles. The average Bonchev–Trinajstić information content (AvgIpc) is 2.75. The molecular weight excluding hydrogens is 244 g/mol. The van der Waals surface area contributed by atoms with Gasteiger partial charge < -0.3 is 9.47 Å². The van der Waals surface area contributed by atoms with Crippen molar-refractivity contribution in [3.8, 4) is 11.5 Å². The van der Waals surface area contributed by atoms with Gasteiger partial charge in [-0.2, -0.15) is 5.10 Å². The Morgan fingerprint density at radius 2 is 1.79 bits per heavy atom. The van der Waals surface area contributed by atoms with Gasteiger partial charge in [0.05, 0.1) is 20.4 Å². The third-order valence-electron chi connectivity index (χ3n) is 2.70. The molecule has 0 radical (unpaired) electrons. The molecule has 0 atom stereocenters. The standard InChI is InChI=1S/C13H16N4O2/c1-9-15-16-10(2)17(9)14-8-11-7-12(18-3)5-6-13(11)19-4/h5-8H,1-4H3/b14-8-. The Kier molecular flexibility index (Phi) is 3.79. The molecule has 0 amide bonds. The lowest BCUT2D eigenvalue weighted by molar-refractivity contribution is 0.402. The van der Waals surface area contributed by atoms with E-state index in [0.717, 1.165) is 28.7 Å². The lowest BCUT2D eigenvalue weighted by atomic mass is 10.2. The minimum atomic E-state index is 0.730. The third kappa shape index (κ3) is 2.73. The van der Waals surface area contributed by atoms with Crippen LogP contribution < -0.4 is 9.47 Å². The molecule has 0 aliphatic heterocycles. The van der Waals surface area contributed by atoms with E-state index < -0.39 is 0 Å². The monoisotopic (exact) mass is 260 g/mol. The summed E-state index contributed by atoms with van der Waals surface area (Å²) in [4.78, 5) is 0. The molecular formula is C13H16N4O2. The van der Waals surface area contributed by atoms with Crippen LogP contribution >= 0.6 is 0 Å². The Morgan fingerprint density at radius 3 is 2.37 bits per heavy atom. The number of hydrogen-bond donors (Lipinski definition) is 0. The summed E-state index contributed by atoms with van der Waals surface area (Å²) in [6.07, 6.45) is 1.70. The summed E-state index contributed by atoms with van der Waals surface area (Å²) < 4.78 is 12.1. The van der Waals surface area contributed by atoms with Crippen LogP contribution in [0.25, 0.3) is 0 Å². The summed E-state index contributed by atoms with van der Waals surface area (Å²) >= 11 is 0. The van der Waals surface area contributed by atoms with Crippen molar-refractivity contribution >= 4 is 6.21 Å². The second kappa shape index (κ2) is 5.51. The number of methoxy groups -OCH3 is 2. The SMILES string of the molecule is COc1ccc(OC)c(/C=N\n2c(C)nnc2C)c1. The molecule has 0 N–H and O–H groups in total. The van der Waals surface area contributed by atoms with Gasteiger partial charge in [0.15, 0.2) is 11.6 Å². The van der Waals surface area contributed by atoms with Gasteiger partial charge in [-0.3, -0.25) is 0 Å². The lowest BCUT2D eigenvalue weighted by Crippen LogP contribution is -1.98. The molecule has 1 heterocycles. The average molecular weight is 260 g/mol. The zero-order chi connectivity index (χ0) is 13.8. The van der Waals surface area contributed by atoms with Crippen molar-refractivity contribution in [3.05, 3.63) is 35.4 Å². The highest BCUT2D eigenvalue weighted by molar-refractivity contribution is 5.84. The van der Waals surface area contributed by atoms with Crippen molar-refractivity contribution in [2.24, 2.45) is 5.10 Å². The van der Waals surface area contributed by atoms with Gasteiger partial charge >= 0.3 is 0 Å². The van der Waals surface area contributed by atoms with Crippen LogP contribution in [0.1, 0.15) is 17.2 Å². The summed E-state index contributed by atoms with van der Waals surface area (Å²) in [5.41, 5.74) is 0.828. The summed E-state index contributed by atoms with van der Waals surface area (Å²) in [6, 6.07) is 5.54. The van der Waals surface area contributed by atoms with Gasteiger partial charge in [-0.1, -0.05) is 0 Å². The van der Waals surface area contributed by atoms with Gasteiger partial charge in [0.2, 0.25) is 0 Å². The molecule has 0 spiro atoms. The Bertz CT molecular complexity index is 585. The molecule has 0 bridgehead atoms. The van der Waals surface area contributed by atoms with Gasteiger partial charge in [0.25, 0.3) is 0 Å². The lowest BCUT2D eigenvalue weighted by Gasteiger charge is -2.06. The Balaban J connectivity index is 2.37. The molecule has 6 nitrogen and oxygen atoms in total. The van der Waals surface area contributed by atoms with Gasteiger partial charge in [0, 0.05) is 5.56 Å². The van der Waals surface area contributed by atoms with Gasteiger partial charge in [-0.25, -0.2) is 4.68 Å². The largest absolute Gasteiger partial charge is 0.497 e. The zero-order valence-electron chi connectivity index (χ0n) is 11.4. The van der Waals surface area contributed by atoms with Crippen molar-refractivity contribution in [1.82, 2.24) is 14.9 Å². The van der Waals surface area contributed by atoms with Crippen molar-refractivity contribution in [2.75, 3.05) is 14.2 Å². The van der Waals surface area contributed by atoms with Crippen LogP contribution in [0, 0.1) is 13.8 Å². The fourth-order valence-electron chi connectivity index (χ4n) is 1.69. The van der Waals surface area contributed by atoms with E-state index in [2.05, 4.69) is 15.3 Å². The zero-order valence-corrected chi connectivity index (χ0v) is 11.4. The smallest absolute Gasteiger partial charge is 0.151 e. The van der Waals surface area contributed by atoms with Crippen molar-refractivity contribution in [2.45, 2.75) is 13.8 Å². The van der Waals surface area contributed by atoms with Gasteiger partial charge in [-0.15, -0.1) is 10.2 Å². The Morgan fingerprint density at radius 1 is 1.11 bits per heavy atom. The fraction of sp³-hybridized carbons (Fsp3) is 0.308. The van der Waals surface area contributed by atoms with Crippen molar-refractivity contribution in [3.63, 3.8) is 0 Å². The number of aryl methyl sites for hydroxylation is 2. The first-order chi connectivity index (χ1) is 9.15. The van der Waals surface area contributed by atoms with Gasteiger partial charge in [-0.05, 0) is 32.0 Å². The van der Waals surface area contributed by atoms with Crippen molar-refractivity contribution in [1.29, 1.82) is 0 Å². The molecule has 0 saturated heterocycles. The third-order valence-corrected chi connectivity index (χ3v) is 2.70. The number of hydrogen-bond acceptors (Lipinski definition) is 5. The molecule has 0 fully saturated rings. The second-order valence-electron chi connectivity index (χ2n) is 3.96. The van der Waals surface area contributed by atoms with Crippen LogP contribution in [0.4, 0.5) is 0 Å². The van der Waals surface area contributed by atoms with E-state index in [1.54, 1.807) is 25.1 Å². The molecule has 19 heavy (non-hydrogen) atoms. The number of aromatic nitrogens is 3. The van der Waals surface area contributed by atoms with Crippen LogP contribution in [0.5, 0.6) is 11.5 Å². The molecule has 1 aromatic carbocycles. The van der Waals surface area contributed by atoms with E-state index >= 15 is 0 Å². The maximum absolute atomic E-state index is 5.29. The molecule has 1 aromatic heterocycles. The van der Waals surface area contributed by atoms with Crippen LogP contribution in [0.3, 0.4) is 0 Å². The van der Waals surface area contributed by atoms with Crippen LogP contribution in [0.15, 0.2) is 23.3 Å². The second-order valence-corrected chi connectivity index (χ2v) is 3.96. The highest BCUT2D eigenvalue weighted by Gasteiger charge is 2.05. The summed E-state index contributed by atoms with van der Waals surface area (Å²) in [7, 11) is 3.24. The summed E-state index contributed by atoms with van der Waals surface area (Å²) in [5, 5.41) is 12.2. The Labute approximate surface area is 111 Å². The number of nitrogens with zero attached hydrogens (tertiary/aromatic N) is 4. The first kappa shape index (κ1) is 13.1. The number of ether oxygens (including phenoxy) is 2. The maximum atomic E-state index is 5.29. The van der Waals surface area contributed by atoms with Gasteiger partial charge in [0.1, 0.15) is 11.5 Å². The van der Waals surface area contributed by atoms with Crippen molar-refractivity contribution < 1.29 is 9.47 Å². The van der Waals surface area contributed by atoms with E-state index in [9.17, 15) is 0 Å². The molecule has 0 aliphatic rings. The molecule has 100 valence electrons. The minimum absolute atomic E-state index is 0.730. The fourth-order valence-corrected chi connectivity index (χ4v) is 1.69. The quantitative estimate of drug-likeness (QED) is 0.786. The highest BCUT2D eigenvalue weighted by atomic mass is 16.5. The predicted octanol–water partition coefficient (Wildman–Crippen LogP) is 1.79.